The summed E-state index contributed by atoms with van der Waals surface area (Å²) in [5, 5.41) is 19.9. The monoisotopic (exact) mass is 559 g/mol. The fourth-order valence-corrected chi connectivity index (χ4v) is 4.53. The summed E-state index contributed by atoms with van der Waals surface area (Å²) in [6.45, 7) is 0.620. The van der Waals surface area contributed by atoms with Crippen molar-refractivity contribution >= 4 is 46.6 Å². The van der Waals surface area contributed by atoms with Gasteiger partial charge in [-0.1, -0.05) is 66.2 Å². The van der Waals surface area contributed by atoms with Crippen molar-refractivity contribution in [3.8, 4) is 11.5 Å². The second kappa shape index (κ2) is 14.1. The van der Waals surface area contributed by atoms with Crippen LogP contribution in [0.25, 0.3) is 23.1 Å². The Kier molecular flexibility index (Phi) is 10.0. The predicted octanol–water partition coefficient (Wildman–Crippen LogP) is 6.97. The maximum atomic E-state index is 11.5. The number of aliphatic carboxylic acids is 2. The normalized spacial score (nSPS) is 11.4. The Morgan fingerprint density at radius 3 is 2.33 bits per heavy atom. The highest BCUT2D eigenvalue weighted by molar-refractivity contribution is 6.32. The van der Waals surface area contributed by atoms with Gasteiger partial charge < -0.3 is 24.3 Å². The number of carboxylic acids is 2. The molecular formula is C32H30ClNO6. The first-order chi connectivity index (χ1) is 19.4. The number of ether oxygens (including phenoxy) is 2. The molecule has 0 fully saturated rings. The van der Waals surface area contributed by atoms with Crippen LogP contribution >= 0.6 is 11.6 Å². The molecule has 1 aromatic heterocycles. The lowest BCUT2D eigenvalue weighted by Crippen LogP contribution is -2.07. The highest BCUT2D eigenvalue weighted by Gasteiger charge is 2.13. The second-order valence-corrected chi connectivity index (χ2v) is 9.50. The van der Waals surface area contributed by atoms with Crippen LogP contribution in [0.2, 0.25) is 5.02 Å². The third-order valence-electron chi connectivity index (χ3n) is 6.17. The molecule has 0 radical (unpaired) electrons. The Labute approximate surface area is 237 Å². The van der Waals surface area contributed by atoms with E-state index in [0.717, 1.165) is 33.3 Å². The Balaban J connectivity index is 1.38. The van der Waals surface area contributed by atoms with Gasteiger partial charge in [-0.15, -0.1) is 0 Å². The van der Waals surface area contributed by atoms with Gasteiger partial charge in [-0.25, -0.2) is 0 Å². The van der Waals surface area contributed by atoms with Gasteiger partial charge in [0, 0.05) is 18.0 Å². The molecule has 1 heterocycles. The maximum absolute atomic E-state index is 11.5. The van der Waals surface area contributed by atoms with Crippen LogP contribution in [0.5, 0.6) is 11.5 Å². The number of aromatic nitrogens is 1. The van der Waals surface area contributed by atoms with Crippen LogP contribution in [-0.4, -0.2) is 39.9 Å². The van der Waals surface area contributed by atoms with Gasteiger partial charge in [-0.3, -0.25) is 9.59 Å². The first-order valence-electron chi connectivity index (χ1n) is 12.9. The van der Waals surface area contributed by atoms with E-state index >= 15 is 0 Å². The summed E-state index contributed by atoms with van der Waals surface area (Å²) in [7, 11) is 0. The minimum Gasteiger partial charge on any atom is -0.490 e. The zero-order chi connectivity index (χ0) is 28.3. The summed E-state index contributed by atoms with van der Waals surface area (Å²) in [5.74, 6) is -0.408. The van der Waals surface area contributed by atoms with Gasteiger partial charge in [-0.05, 0) is 65.9 Å². The van der Waals surface area contributed by atoms with Crippen LogP contribution in [0.3, 0.4) is 0 Å². The zero-order valence-corrected chi connectivity index (χ0v) is 22.6. The topological polar surface area (TPSA) is 98.0 Å². The predicted molar refractivity (Wildman–Crippen MR) is 157 cm³/mol. The highest BCUT2D eigenvalue weighted by Crippen LogP contribution is 2.28. The van der Waals surface area contributed by atoms with Crippen molar-refractivity contribution in [3.63, 3.8) is 0 Å². The van der Waals surface area contributed by atoms with E-state index in [-0.39, 0.29) is 13.0 Å². The number of aryl methyl sites for hydroxylation is 1. The third kappa shape index (κ3) is 8.01. The third-order valence-corrected chi connectivity index (χ3v) is 6.49. The average Bonchev–Trinajstić information content (AvgIpc) is 3.28. The molecule has 0 spiro atoms. The molecule has 40 heavy (non-hydrogen) atoms. The van der Waals surface area contributed by atoms with Crippen LogP contribution in [0.1, 0.15) is 29.5 Å². The number of halogens is 1. The minimum absolute atomic E-state index is 0.0686. The molecule has 0 aliphatic heterocycles. The molecule has 0 aliphatic carbocycles. The number of fused-ring (bicyclic) bond motifs is 1. The number of carbonyl (C=O) groups is 2. The molecule has 4 rings (SSSR count). The highest BCUT2D eigenvalue weighted by atomic mass is 35.5. The fraction of sp³-hybridized carbons (Fsp3) is 0.188. The molecule has 206 valence electrons. The SMILES string of the molecule is O=C(O)CCCc1cn(CC(=O)O)c2c(C=Cc3ccc(OCC=CCOc4ccccc4Cl)cc3)cccc12. The molecule has 2 N–H and O–H groups in total. The van der Waals surface area contributed by atoms with Crippen molar-refractivity contribution in [1.29, 1.82) is 0 Å². The molecule has 0 amide bonds. The summed E-state index contributed by atoms with van der Waals surface area (Å²) >= 11 is 6.07. The molecule has 8 heteroatoms. The van der Waals surface area contributed by atoms with Gasteiger partial charge in [0.15, 0.2) is 0 Å². The summed E-state index contributed by atoms with van der Waals surface area (Å²) in [6.07, 6.45) is 10.6. The molecule has 0 bridgehead atoms. The Morgan fingerprint density at radius 2 is 1.60 bits per heavy atom. The van der Waals surface area contributed by atoms with E-state index in [4.69, 9.17) is 26.2 Å². The van der Waals surface area contributed by atoms with Crippen molar-refractivity contribution in [3.05, 3.63) is 107 Å². The fourth-order valence-electron chi connectivity index (χ4n) is 4.34. The van der Waals surface area contributed by atoms with Gasteiger partial charge in [0.25, 0.3) is 0 Å². The molecule has 0 saturated carbocycles. The quantitative estimate of drug-likeness (QED) is 0.128. The van der Waals surface area contributed by atoms with E-state index in [0.29, 0.717) is 36.8 Å². The summed E-state index contributed by atoms with van der Waals surface area (Å²) in [5.41, 5.74) is 3.61. The van der Waals surface area contributed by atoms with Crippen LogP contribution in [0.4, 0.5) is 0 Å². The number of hydrogen-bond acceptors (Lipinski definition) is 4. The number of carboxylic acid groups (broad SMARTS) is 2. The first kappa shape index (κ1) is 28.5. The van der Waals surface area contributed by atoms with E-state index in [9.17, 15) is 14.7 Å². The molecule has 7 nitrogen and oxygen atoms in total. The molecule has 0 aliphatic rings. The minimum atomic E-state index is -0.939. The van der Waals surface area contributed by atoms with Crippen molar-refractivity contribution in [2.45, 2.75) is 25.8 Å². The Morgan fingerprint density at radius 1 is 0.850 bits per heavy atom. The molecule has 0 atom stereocenters. The summed E-state index contributed by atoms with van der Waals surface area (Å²) in [6, 6.07) is 20.8. The van der Waals surface area contributed by atoms with E-state index in [1.165, 1.54) is 0 Å². The van der Waals surface area contributed by atoms with Crippen molar-refractivity contribution in [2.24, 2.45) is 0 Å². The average molecular weight is 560 g/mol. The van der Waals surface area contributed by atoms with Crippen LogP contribution < -0.4 is 9.47 Å². The van der Waals surface area contributed by atoms with E-state index < -0.39 is 11.9 Å². The molecular weight excluding hydrogens is 530 g/mol. The van der Waals surface area contributed by atoms with Crippen LogP contribution in [0.15, 0.2) is 85.1 Å². The van der Waals surface area contributed by atoms with Gasteiger partial charge in [0.2, 0.25) is 0 Å². The maximum Gasteiger partial charge on any atom is 0.323 e. The Bertz CT molecular complexity index is 1520. The number of para-hydroxylation sites is 2. The standard InChI is InChI=1S/C32H30ClNO6/c33-28-10-1-2-11-29(28)40-20-4-3-19-39-26-17-14-23(15-18-26)13-16-24-7-5-9-27-25(8-6-12-30(35)36)21-34(32(24)27)22-31(37)38/h1-5,7,9-11,13-18,21H,6,8,12,19-20,22H2,(H,35,36)(H,37,38). The van der Waals surface area contributed by atoms with Gasteiger partial charge in [-0.2, -0.15) is 0 Å². The lowest BCUT2D eigenvalue weighted by atomic mass is 10.0. The smallest absolute Gasteiger partial charge is 0.323 e. The lowest BCUT2D eigenvalue weighted by molar-refractivity contribution is -0.138. The zero-order valence-electron chi connectivity index (χ0n) is 21.8. The molecule has 0 saturated heterocycles. The molecule has 4 aromatic rings. The van der Waals surface area contributed by atoms with Crippen molar-refractivity contribution in [1.82, 2.24) is 4.57 Å². The van der Waals surface area contributed by atoms with Gasteiger partial charge in [0.1, 0.15) is 31.3 Å². The summed E-state index contributed by atoms with van der Waals surface area (Å²) < 4.78 is 13.1. The van der Waals surface area contributed by atoms with E-state index in [1.807, 2.05) is 91.2 Å². The first-order valence-corrected chi connectivity index (χ1v) is 13.3. The summed E-state index contributed by atoms with van der Waals surface area (Å²) in [4.78, 5) is 22.4. The number of hydrogen-bond donors (Lipinski definition) is 2. The number of rotatable bonds is 14. The largest absolute Gasteiger partial charge is 0.490 e. The number of nitrogens with zero attached hydrogens (tertiary/aromatic N) is 1. The lowest BCUT2D eigenvalue weighted by Gasteiger charge is -2.06. The van der Waals surface area contributed by atoms with Crippen LogP contribution in [-0.2, 0) is 22.6 Å². The molecule has 3 aromatic carbocycles. The van der Waals surface area contributed by atoms with E-state index in [2.05, 4.69) is 0 Å². The van der Waals surface area contributed by atoms with Gasteiger partial charge >= 0.3 is 11.9 Å². The molecule has 0 unspecified atom stereocenters. The van der Waals surface area contributed by atoms with Crippen molar-refractivity contribution < 1.29 is 29.3 Å². The van der Waals surface area contributed by atoms with Crippen molar-refractivity contribution in [2.75, 3.05) is 13.2 Å². The van der Waals surface area contributed by atoms with Crippen LogP contribution in [0, 0.1) is 0 Å². The Hall–Kier alpha value is -4.49. The van der Waals surface area contributed by atoms with E-state index in [1.54, 1.807) is 10.6 Å². The number of benzene rings is 3. The van der Waals surface area contributed by atoms with Gasteiger partial charge in [0.05, 0.1) is 10.5 Å². The second-order valence-electron chi connectivity index (χ2n) is 9.09.